The van der Waals surface area contributed by atoms with Gasteiger partial charge in [-0.2, -0.15) is 4.98 Å². The smallest absolute Gasteiger partial charge is 0.243 e. The van der Waals surface area contributed by atoms with Crippen LogP contribution in [0, 0.1) is 0 Å². The molecule has 2 aliphatic heterocycles. The molecule has 33 heavy (non-hydrogen) atoms. The lowest BCUT2D eigenvalue weighted by Gasteiger charge is -2.42. The lowest BCUT2D eigenvalue weighted by molar-refractivity contribution is -0.0794. The van der Waals surface area contributed by atoms with Gasteiger partial charge in [0.05, 0.1) is 36.7 Å². The summed E-state index contributed by atoms with van der Waals surface area (Å²) in [6.45, 7) is 5.35. The van der Waals surface area contributed by atoms with Gasteiger partial charge in [0, 0.05) is 38.4 Å². The molecule has 0 bridgehead atoms. The van der Waals surface area contributed by atoms with Crippen molar-refractivity contribution in [3.8, 4) is 11.3 Å². The third-order valence-electron chi connectivity index (χ3n) is 6.32. The highest BCUT2D eigenvalue weighted by Crippen LogP contribution is 2.31. The number of hydrogen-bond donors (Lipinski definition) is 4. The first-order chi connectivity index (χ1) is 16.1. The van der Waals surface area contributed by atoms with Gasteiger partial charge in [0.25, 0.3) is 0 Å². The molecule has 2 aliphatic rings. The molecule has 2 atom stereocenters. The predicted octanol–water partition coefficient (Wildman–Crippen LogP) is 2.07. The van der Waals surface area contributed by atoms with E-state index in [4.69, 9.17) is 10.5 Å². The van der Waals surface area contributed by atoms with Crippen LogP contribution in [0.1, 0.15) is 13.3 Å². The van der Waals surface area contributed by atoms with Crippen LogP contribution in [0.4, 0.5) is 27.7 Å². The number of ether oxygens (including phenoxy) is 1. The topological polar surface area (TPSA) is 118 Å². The number of rotatable bonds is 7. The number of hydrogen-bond acceptors (Lipinski definition) is 9. The van der Waals surface area contributed by atoms with Crippen LogP contribution in [0.5, 0.6) is 0 Å². The molecular weight excluding hydrogens is 425 g/mol. The van der Waals surface area contributed by atoms with Gasteiger partial charge in [0.2, 0.25) is 5.95 Å². The molecule has 3 aromatic heterocycles. The van der Waals surface area contributed by atoms with Crippen LogP contribution in [-0.2, 0) is 4.74 Å². The summed E-state index contributed by atoms with van der Waals surface area (Å²) < 4.78 is 21.9. The van der Waals surface area contributed by atoms with Crippen molar-refractivity contribution in [1.82, 2.24) is 24.5 Å². The number of nitrogens with one attached hydrogen (secondary N) is 3. The summed E-state index contributed by atoms with van der Waals surface area (Å²) >= 11 is 0. The van der Waals surface area contributed by atoms with Crippen LogP contribution < -0.4 is 21.7 Å². The summed E-state index contributed by atoms with van der Waals surface area (Å²) in [7, 11) is 1.81. The van der Waals surface area contributed by atoms with E-state index >= 15 is 0 Å². The number of nitrogen functional groups attached to an aromatic ring is 1. The zero-order valence-corrected chi connectivity index (χ0v) is 18.9. The van der Waals surface area contributed by atoms with E-state index in [1.807, 2.05) is 31.3 Å². The molecule has 2 fully saturated rings. The molecule has 0 radical (unpaired) electrons. The number of pyridine rings is 1. The molecule has 2 unspecified atom stereocenters. The van der Waals surface area contributed by atoms with E-state index in [-0.39, 0.29) is 6.04 Å². The van der Waals surface area contributed by atoms with Gasteiger partial charge in [-0.05, 0) is 31.5 Å². The maximum Gasteiger partial charge on any atom is 0.243 e. The summed E-state index contributed by atoms with van der Waals surface area (Å²) in [5, 5.41) is 14.2. The molecule has 5 heterocycles. The van der Waals surface area contributed by atoms with Crippen molar-refractivity contribution in [2.24, 2.45) is 0 Å². The van der Waals surface area contributed by atoms with Crippen LogP contribution >= 0.6 is 0 Å². The fraction of sp³-hybridized carbons (Fsp3) is 0.500. The fourth-order valence-corrected chi connectivity index (χ4v) is 4.42. The van der Waals surface area contributed by atoms with Gasteiger partial charge in [-0.3, -0.25) is 4.90 Å². The van der Waals surface area contributed by atoms with Crippen molar-refractivity contribution in [2.75, 3.05) is 61.6 Å². The lowest BCUT2D eigenvalue weighted by atomic mass is 10.0. The van der Waals surface area contributed by atoms with Crippen molar-refractivity contribution >= 4 is 28.8 Å². The molecule has 0 aromatic carbocycles. The first-order valence-electron chi connectivity index (χ1n) is 11.4. The third-order valence-corrected chi connectivity index (χ3v) is 6.32. The zero-order valence-electron chi connectivity index (χ0n) is 18.9. The van der Waals surface area contributed by atoms with E-state index in [0.717, 1.165) is 29.9 Å². The van der Waals surface area contributed by atoms with Gasteiger partial charge in [0.1, 0.15) is 17.5 Å². The first-order valence-corrected chi connectivity index (χ1v) is 11.4. The minimum Gasteiger partial charge on any atom is -0.396 e. The maximum absolute atomic E-state index is 14.9. The SMILES string of the molecule is CCNc1nc(-c2ccn3nc(NC4CCN(C5COC5)CC4F)nc(NC)c23)ccc1N. The van der Waals surface area contributed by atoms with Crippen LogP contribution in [0.3, 0.4) is 0 Å². The number of anilines is 4. The molecule has 5 rings (SSSR count). The quantitative estimate of drug-likeness (QED) is 0.425. The van der Waals surface area contributed by atoms with E-state index in [9.17, 15) is 4.39 Å². The van der Waals surface area contributed by atoms with Crippen molar-refractivity contribution < 1.29 is 9.13 Å². The van der Waals surface area contributed by atoms with E-state index in [1.165, 1.54) is 0 Å². The molecule has 3 aromatic rings. The van der Waals surface area contributed by atoms with Gasteiger partial charge in [-0.1, -0.05) is 0 Å². The lowest BCUT2D eigenvalue weighted by Crippen LogP contribution is -2.57. The van der Waals surface area contributed by atoms with Crippen LogP contribution in [0.25, 0.3) is 16.8 Å². The highest BCUT2D eigenvalue weighted by atomic mass is 19.1. The van der Waals surface area contributed by atoms with Crippen molar-refractivity contribution in [3.05, 3.63) is 24.4 Å². The zero-order chi connectivity index (χ0) is 22.9. The molecule has 0 saturated carbocycles. The summed E-state index contributed by atoms with van der Waals surface area (Å²) in [5.41, 5.74) is 9.07. The van der Waals surface area contributed by atoms with Crippen LogP contribution in [-0.4, -0.2) is 82.6 Å². The average Bonchev–Trinajstić information content (AvgIpc) is 3.19. The highest BCUT2D eigenvalue weighted by molar-refractivity contribution is 5.88. The largest absolute Gasteiger partial charge is 0.396 e. The van der Waals surface area contributed by atoms with Gasteiger partial charge in [-0.15, -0.1) is 5.10 Å². The highest BCUT2D eigenvalue weighted by Gasteiger charge is 2.35. The molecule has 10 nitrogen and oxygen atoms in total. The minimum absolute atomic E-state index is 0.333. The molecule has 5 N–H and O–H groups in total. The molecule has 0 spiro atoms. The van der Waals surface area contributed by atoms with Crippen molar-refractivity contribution in [2.45, 2.75) is 31.6 Å². The second-order valence-corrected chi connectivity index (χ2v) is 8.46. The number of aromatic nitrogens is 4. The van der Waals surface area contributed by atoms with Crippen molar-refractivity contribution in [1.29, 1.82) is 0 Å². The number of piperidine rings is 1. The Hall–Kier alpha value is -3.18. The van der Waals surface area contributed by atoms with Crippen LogP contribution in [0.2, 0.25) is 0 Å². The monoisotopic (exact) mass is 455 g/mol. The first kappa shape index (κ1) is 21.7. The van der Waals surface area contributed by atoms with Crippen LogP contribution in [0.15, 0.2) is 24.4 Å². The Balaban J connectivity index is 1.40. The summed E-state index contributed by atoms with van der Waals surface area (Å²) in [5.74, 6) is 1.67. The minimum atomic E-state index is -1.000. The van der Waals surface area contributed by atoms with E-state index in [2.05, 4.69) is 35.9 Å². The number of halogens is 1. The summed E-state index contributed by atoms with van der Waals surface area (Å²) in [6.07, 6.45) is 1.54. The Morgan fingerprint density at radius 1 is 1.21 bits per heavy atom. The Labute approximate surface area is 191 Å². The van der Waals surface area contributed by atoms with Gasteiger partial charge in [0.15, 0.2) is 5.82 Å². The Morgan fingerprint density at radius 3 is 2.76 bits per heavy atom. The van der Waals surface area contributed by atoms with E-state index < -0.39 is 6.17 Å². The maximum atomic E-state index is 14.9. The standard InChI is InChI=1S/C22H30FN9O/c1-3-26-20-16(24)4-5-17(27-20)14-6-9-32-19(14)21(25-2)29-22(30-32)28-18-7-8-31(10-15(18)23)13-11-33-12-13/h4-6,9,13,15,18H,3,7-8,10-12,24H2,1-2H3,(H,26,27)(H2,25,28,29,30). The third kappa shape index (κ3) is 4.13. The summed E-state index contributed by atoms with van der Waals surface area (Å²) in [4.78, 5) is 11.5. The Bertz CT molecular complexity index is 1130. The number of likely N-dealkylation sites (tertiary alicyclic amines) is 1. The van der Waals surface area contributed by atoms with Gasteiger partial charge >= 0.3 is 0 Å². The molecule has 176 valence electrons. The normalized spacial score (nSPS) is 21.7. The molecule has 11 heteroatoms. The molecule has 0 amide bonds. The molecule has 0 aliphatic carbocycles. The summed E-state index contributed by atoms with van der Waals surface area (Å²) in [6, 6.07) is 5.68. The Kier molecular flexibility index (Phi) is 5.90. The molecule has 2 saturated heterocycles. The van der Waals surface area contributed by atoms with Crippen molar-refractivity contribution in [3.63, 3.8) is 0 Å². The van der Waals surface area contributed by atoms with Gasteiger partial charge in [-0.25, -0.2) is 13.9 Å². The average molecular weight is 456 g/mol. The van der Waals surface area contributed by atoms with E-state index in [1.54, 1.807) is 11.6 Å². The molecular formula is C22H30FN9O. The second kappa shape index (κ2) is 8.99. The fourth-order valence-electron chi connectivity index (χ4n) is 4.42. The predicted molar refractivity (Wildman–Crippen MR) is 127 cm³/mol. The number of nitrogens with zero attached hydrogens (tertiary/aromatic N) is 5. The number of fused-ring (bicyclic) bond motifs is 1. The Morgan fingerprint density at radius 2 is 2.06 bits per heavy atom. The second-order valence-electron chi connectivity index (χ2n) is 8.46. The van der Waals surface area contributed by atoms with Gasteiger partial charge < -0.3 is 26.4 Å². The number of alkyl halides is 1. The van der Waals surface area contributed by atoms with E-state index in [0.29, 0.717) is 55.5 Å². The number of nitrogens with two attached hydrogens (primary N) is 1.